The topological polar surface area (TPSA) is 48.5 Å². The summed E-state index contributed by atoms with van der Waals surface area (Å²) in [5, 5.41) is 3.25. The van der Waals surface area contributed by atoms with Gasteiger partial charge in [0.2, 0.25) is 5.91 Å². The number of aromatic nitrogens is 1. The molecule has 0 aliphatic carbocycles. The monoisotopic (exact) mass is 382 g/mol. The largest absolute Gasteiger partial charge is 0.369 e. The number of anilines is 1. The van der Waals surface area contributed by atoms with E-state index in [0.29, 0.717) is 5.69 Å². The molecule has 2 aromatic rings. The Morgan fingerprint density at radius 2 is 1.82 bits per heavy atom. The minimum absolute atomic E-state index is 0.0549. The molecule has 0 radical (unpaired) electrons. The van der Waals surface area contributed by atoms with E-state index in [1.54, 1.807) is 18.5 Å². The van der Waals surface area contributed by atoms with Crippen molar-refractivity contribution in [3.63, 3.8) is 0 Å². The third-order valence-electron chi connectivity index (χ3n) is 5.79. The van der Waals surface area contributed by atoms with Gasteiger partial charge in [0, 0.05) is 31.5 Å². The van der Waals surface area contributed by atoms with Gasteiger partial charge >= 0.3 is 0 Å². The van der Waals surface area contributed by atoms with Gasteiger partial charge in [-0.1, -0.05) is 18.2 Å². The van der Waals surface area contributed by atoms with Crippen LogP contribution >= 0.6 is 0 Å². The van der Waals surface area contributed by atoms with E-state index in [2.05, 4.69) is 20.1 Å². The van der Waals surface area contributed by atoms with Crippen molar-refractivity contribution in [1.82, 2.24) is 15.2 Å². The van der Waals surface area contributed by atoms with Crippen LogP contribution < -0.4 is 10.2 Å². The molecule has 1 atom stereocenters. The summed E-state index contributed by atoms with van der Waals surface area (Å²) in [6.45, 7) is 3.37. The van der Waals surface area contributed by atoms with E-state index >= 15 is 0 Å². The lowest BCUT2D eigenvalue weighted by Gasteiger charge is -2.35. The number of para-hydroxylation sites is 1. The molecule has 4 rings (SSSR count). The maximum absolute atomic E-state index is 14.0. The van der Waals surface area contributed by atoms with E-state index in [1.807, 2.05) is 24.3 Å². The number of carbonyl (C=O) groups is 1. The van der Waals surface area contributed by atoms with Gasteiger partial charge in [-0.25, -0.2) is 4.39 Å². The molecule has 28 heavy (non-hydrogen) atoms. The first-order valence-corrected chi connectivity index (χ1v) is 10.2. The number of likely N-dealkylation sites (tertiary alicyclic amines) is 1. The highest BCUT2D eigenvalue weighted by atomic mass is 19.1. The van der Waals surface area contributed by atoms with Crippen molar-refractivity contribution >= 4 is 11.6 Å². The molecule has 1 unspecified atom stereocenters. The molecule has 2 aliphatic heterocycles. The molecule has 1 amide bonds. The molecule has 1 N–H and O–H groups in total. The lowest BCUT2D eigenvalue weighted by molar-refractivity contribution is -0.127. The van der Waals surface area contributed by atoms with Gasteiger partial charge in [0.05, 0.1) is 5.69 Å². The van der Waals surface area contributed by atoms with Crippen LogP contribution in [0.5, 0.6) is 0 Å². The van der Waals surface area contributed by atoms with E-state index < -0.39 is 0 Å². The van der Waals surface area contributed by atoms with Crippen molar-refractivity contribution in [2.24, 2.45) is 0 Å². The fourth-order valence-electron chi connectivity index (χ4n) is 4.32. The molecule has 3 heterocycles. The summed E-state index contributed by atoms with van der Waals surface area (Å²) in [7, 11) is 0. The third-order valence-corrected chi connectivity index (χ3v) is 5.79. The summed E-state index contributed by atoms with van der Waals surface area (Å²) in [6.07, 6.45) is 7.43. The standard InChI is InChI=1S/C22H27FN4O/c23-19-7-1-2-8-20(19)26-14-9-18(10-15-26)25-22(28)21(27-12-3-4-13-27)17-6-5-11-24-16-17/h1-2,5-8,11,16,18,21H,3-4,9-10,12-15H2,(H,25,28). The fraction of sp³-hybridized carbons (Fsp3) is 0.455. The Labute approximate surface area is 165 Å². The van der Waals surface area contributed by atoms with Crippen LogP contribution in [-0.4, -0.2) is 48.0 Å². The van der Waals surface area contributed by atoms with Crippen LogP contribution in [0.1, 0.15) is 37.3 Å². The highest BCUT2D eigenvalue weighted by molar-refractivity contribution is 5.83. The average Bonchev–Trinajstić information content (AvgIpc) is 3.24. The SMILES string of the molecule is O=C(NC1CCN(c2ccccc2F)CC1)C(c1cccnc1)N1CCCC1. The number of nitrogens with one attached hydrogen (secondary N) is 1. The zero-order valence-electron chi connectivity index (χ0n) is 16.1. The number of nitrogens with zero attached hydrogens (tertiary/aromatic N) is 3. The van der Waals surface area contributed by atoms with Crippen LogP contribution in [0.15, 0.2) is 48.8 Å². The van der Waals surface area contributed by atoms with Crippen LogP contribution in [-0.2, 0) is 4.79 Å². The van der Waals surface area contributed by atoms with E-state index in [0.717, 1.165) is 57.4 Å². The van der Waals surface area contributed by atoms with Gasteiger partial charge in [-0.15, -0.1) is 0 Å². The Bertz CT molecular complexity index is 786. The second-order valence-electron chi connectivity index (χ2n) is 7.65. The second kappa shape index (κ2) is 8.69. The van der Waals surface area contributed by atoms with Gasteiger partial charge in [-0.2, -0.15) is 0 Å². The van der Waals surface area contributed by atoms with Crippen molar-refractivity contribution in [3.8, 4) is 0 Å². The predicted octanol–water partition coefficient (Wildman–Crippen LogP) is 3.14. The number of rotatable bonds is 5. The smallest absolute Gasteiger partial charge is 0.242 e. The normalized spacial score (nSPS) is 19.5. The van der Waals surface area contributed by atoms with Crippen molar-refractivity contribution in [2.45, 2.75) is 37.8 Å². The third kappa shape index (κ3) is 4.17. The quantitative estimate of drug-likeness (QED) is 0.863. The number of amides is 1. The summed E-state index contributed by atoms with van der Waals surface area (Å²) < 4.78 is 14.0. The number of carbonyl (C=O) groups excluding carboxylic acids is 1. The summed E-state index contributed by atoms with van der Waals surface area (Å²) in [4.78, 5) is 21.7. The molecule has 2 saturated heterocycles. The van der Waals surface area contributed by atoms with Crippen LogP contribution in [0.2, 0.25) is 0 Å². The van der Waals surface area contributed by atoms with Crippen LogP contribution in [0, 0.1) is 5.82 Å². The van der Waals surface area contributed by atoms with Crippen LogP contribution in [0.25, 0.3) is 0 Å². The first kappa shape index (κ1) is 18.9. The van der Waals surface area contributed by atoms with Gasteiger partial charge in [0.15, 0.2) is 0 Å². The van der Waals surface area contributed by atoms with Gasteiger partial charge in [-0.3, -0.25) is 14.7 Å². The number of benzene rings is 1. The molecular weight excluding hydrogens is 355 g/mol. The van der Waals surface area contributed by atoms with Gasteiger partial charge < -0.3 is 10.2 Å². The Morgan fingerprint density at radius 3 is 2.50 bits per heavy atom. The van der Waals surface area contributed by atoms with E-state index in [-0.39, 0.29) is 23.8 Å². The molecule has 0 spiro atoms. The minimum atomic E-state index is -0.277. The maximum Gasteiger partial charge on any atom is 0.242 e. The van der Waals surface area contributed by atoms with E-state index in [1.165, 1.54) is 6.07 Å². The average molecular weight is 382 g/mol. The molecule has 148 valence electrons. The second-order valence-corrected chi connectivity index (χ2v) is 7.65. The number of piperidine rings is 1. The molecule has 2 fully saturated rings. The van der Waals surface area contributed by atoms with Crippen LogP contribution in [0.3, 0.4) is 0 Å². The lowest BCUT2D eigenvalue weighted by Crippen LogP contribution is -2.48. The summed E-state index contributed by atoms with van der Waals surface area (Å²) in [5.74, 6) is -0.130. The van der Waals surface area contributed by atoms with Crippen molar-refractivity contribution in [3.05, 3.63) is 60.2 Å². The lowest BCUT2D eigenvalue weighted by atomic mass is 10.0. The zero-order valence-corrected chi connectivity index (χ0v) is 16.1. The van der Waals surface area contributed by atoms with E-state index in [9.17, 15) is 9.18 Å². The summed E-state index contributed by atoms with van der Waals surface area (Å²) in [6, 6.07) is 10.6. The van der Waals surface area contributed by atoms with Crippen molar-refractivity contribution < 1.29 is 9.18 Å². The Morgan fingerprint density at radius 1 is 1.07 bits per heavy atom. The molecule has 1 aromatic heterocycles. The van der Waals surface area contributed by atoms with Crippen molar-refractivity contribution in [2.75, 3.05) is 31.1 Å². The molecule has 5 nitrogen and oxygen atoms in total. The molecule has 2 aliphatic rings. The van der Waals surface area contributed by atoms with Gasteiger partial charge in [-0.05, 0) is 62.5 Å². The molecule has 0 saturated carbocycles. The maximum atomic E-state index is 14.0. The minimum Gasteiger partial charge on any atom is -0.369 e. The Balaban J connectivity index is 1.39. The zero-order chi connectivity index (χ0) is 19.3. The molecular formula is C22H27FN4O. The summed E-state index contributed by atoms with van der Waals surface area (Å²) in [5.41, 5.74) is 1.60. The number of halogens is 1. The summed E-state index contributed by atoms with van der Waals surface area (Å²) >= 11 is 0. The number of hydrogen-bond acceptors (Lipinski definition) is 4. The first-order chi connectivity index (χ1) is 13.7. The van der Waals surface area contributed by atoms with Crippen molar-refractivity contribution in [1.29, 1.82) is 0 Å². The Kier molecular flexibility index (Phi) is 5.86. The van der Waals surface area contributed by atoms with Crippen LogP contribution in [0.4, 0.5) is 10.1 Å². The molecule has 0 bridgehead atoms. The fourth-order valence-corrected chi connectivity index (χ4v) is 4.32. The van der Waals surface area contributed by atoms with Gasteiger partial charge in [0.1, 0.15) is 11.9 Å². The predicted molar refractivity (Wildman–Crippen MR) is 108 cm³/mol. The van der Waals surface area contributed by atoms with Gasteiger partial charge in [0.25, 0.3) is 0 Å². The number of pyridine rings is 1. The Hall–Kier alpha value is -2.47. The highest BCUT2D eigenvalue weighted by Gasteiger charge is 2.32. The molecule has 1 aromatic carbocycles. The highest BCUT2D eigenvalue weighted by Crippen LogP contribution is 2.26. The number of hydrogen-bond donors (Lipinski definition) is 1. The van der Waals surface area contributed by atoms with E-state index in [4.69, 9.17) is 0 Å². The first-order valence-electron chi connectivity index (χ1n) is 10.2. The molecule has 6 heteroatoms.